The molecule has 0 aliphatic rings. The Kier molecular flexibility index (Phi) is 8.06. The molecule has 0 atom stereocenters. The number of ether oxygens (including phenoxy) is 1. The van der Waals surface area contributed by atoms with Crippen molar-refractivity contribution in [1.29, 1.82) is 0 Å². The van der Waals surface area contributed by atoms with Gasteiger partial charge in [0.05, 0.1) is 0 Å². The minimum absolute atomic E-state index is 0.0565. The van der Waals surface area contributed by atoms with E-state index in [4.69, 9.17) is 9.15 Å². The normalized spacial score (nSPS) is 11.2. The zero-order chi connectivity index (χ0) is 21.3. The summed E-state index contributed by atoms with van der Waals surface area (Å²) >= 11 is 0. The van der Waals surface area contributed by atoms with Crippen LogP contribution in [-0.4, -0.2) is 0 Å². The predicted octanol–water partition coefficient (Wildman–Crippen LogP) is 6.98. The fraction of sp³-hybridized carbons (Fsp3) is 0.423. The molecule has 1 aromatic heterocycles. The second-order valence-corrected chi connectivity index (χ2v) is 7.82. The summed E-state index contributed by atoms with van der Waals surface area (Å²) in [5, 5.41) is 0.478. The van der Waals surface area contributed by atoms with E-state index in [9.17, 15) is 9.18 Å². The van der Waals surface area contributed by atoms with Crippen LogP contribution in [0.15, 0.2) is 51.7 Å². The van der Waals surface area contributed by atoms with Gasteiger partial charge in [-0.05, 0) is 41.5 Å². The molecule has 0 fully saturated rings. The molecule has 1 heterocycles. The third-order valence-corrected chi connectivity index (χ3v) is 5.47. The van der Waals surface area contributed by atoms with Crippen molar-refractivity contribution in [3.05, 3.63) is 75.6 Å². The van der Waals surface area contributed by atoms with E-state index in [1.54, 1.807) is 18.2 Å². The molecular formula is C26H31FO3. The molecular weight excluding hydrogens is 379 g/mol. The number of hydrogen-bond acceptors (Lipinski definition) is 3. The molecule has 0 unspecified atom stereocenters. The third-order valence-electron chi connectivity index (χ3n) is 5.47. The van der Waals surface area contributed by atoms with Crippen molar-refractivity contribution < 1.29 is 13.5 Å². The van der Waals surface area contributed by atoms with Crippen LogP contribution in [0.4, 0.5) is 4.39 Å². The molecule has 0 saturated carbocycles. The fourth-order valence-corrected chi connectivity index (χ4v) is 3.63. The first kappa shape index (κ1) is 22.1. The van der Waals surface area contributed by atoms with Crippen LogP contribution in [0.1, 0.15) is 69.3 Å². The minimum Gasteiger partial charge on any atom is -0.486 e. The molecule has 3 aromatic rings. The maximum atomic E-state index is 14.8. The first-order chi connectivity index (χ1) is 14.6. The summed E-state index contributed by atoms with van der Waals surface area (Å²) in [5.74, 6) is -0.0552. The van der Waals surface area contributed by atoms with Gasteiger partial charge in [-0.2, -0.15) is 0 Å². The maximum Gasteiger partial charge on any atom is 0.346 e. The zero-order valence-electron chi connectivity index (χ0n) is 18.0. The van der Waals surface area contributed by atoms with Crippen molar-refractivity contribution in [2.75, 3.05) is 0 Å². The van der Waals surface area contributed by atoms with E-state index in [2.05, 4.69) is 19.1 Å². The van der Waals surface area contributed by atoms with E-state index < -0.39 is 11.4 Å². The van der Waals surface area contributed by atoms with Gasteiger partial charge < -0.3 is 9.15 Å². The maximum absolute atomic E-state index is 14.8. The van der Waals surface area contributed by atoms with Crippen LogP contribution < -0.4 is 10.4 Å². The summed E-state index contributed by atoms with van der Waals surface area (Å²) in [7, 11) is 0. The second kappa shape index (κ2) is 11.0. The number of aryl methyl sites for hydroxylation is 2. The molecule has 0 N–H and O–H groups in total. The van der Waals surface area contributed by atoms with Crippen LogP contribution in [0, 0.1) is 5.82 Å². The van der Waals surface area contributed by atoms with Crippen molar-refractivity contribution >= 4 is 10.8 Å². The lowest BCUT2D eigenvalue weighted by atomic mass is 10.0. The van der Waals surface area contributed by atoms with Gasteiger partial charge >= 0.3 is 5.63 Å². The van der Waals surface area contributed by atoms with E-state index in [0.29, 0.717) is 17.6 Å². The minimum atomic E-state index is -0.663. The lowest BCUT2D eigenvalue weighted by Crippen LogP contribution is -2.06. The zero-order valence-corrected chi connectivity index (χ0v) is 18.0. The van der Waals surface area contributed by atoms with Gasteiger partial charge in [0, 0.05) is 6.42 Å². The number of fused-ring (bicyclic) bond motifs is 1. The van der Waals surface area contributed by atoms with Gasteiger partial charge in [-0.1, -0.05) is 76.3 Å². The summed E-state index contributed by atoms with van der Waals surface area (Å²) in [5.41, 5.74) is 1.62. The topological polar surface area (TPSA) is 39.4 Å². The van der Waals surface area contributed by atoms with E-state index in [-0.39, 0.29) is 17.7 Å². The van der Waals surface area contributed by atoms with Crippen LogP contribution in [0.2, 0.25) is 0 Å². The van der Waals surface area contributed by atoms with Crippen LogP contribution in [0.25, 0.3) is 10.8 Å². The quantitative estimate of drug-likeness (QED) is 0.320. The van der Waals surface area contributed by atoms with Crippen molar-refractivity contribution in [2.24, 2.45) is 0 Å². The average molecular weight is 411 g/mol. The first-order valence-corrected chi connectivity index (χ1v) is 11.1. The van der Waals surface area contributed by atoms with Gasteiger partial charge in [-0.3, -0.25) is 0 Å². The van der Waals surface area contributed by atoms with Crippen LogP contribution in [-0.2, 0) is 19.4 Å². The summed E-state index contributed by atoms with van der Waals surface area (Å²) in [6.07, 6.45) is 9.41. The molecule has 3 nitrogen and oxygen atoms in total. The smallest absolute Gasteiger partial charge is 0.346 e. The molecule has 0 radical (unpaired) electrons. The van der Waals surface area contributed by atoms with Gasteiger partial charge in [0.1, 0.15) is 17.8 Å². The van der Waals surface area contributed by atoms with Gasteiger partial charge in [0.15, 0.2) is 11.6 Å². The highest BCUT2D eigenvalue weighted by Crippen LogP contribution is 2.26. The highest BCUT2D eigenvalue weighted by Gasteiger charge is 2.14. The first-order valence-electron chi connectivity index (χ1n) is 11.1. The molecule has 3 rings (SSSR count). The summed E-state index contributed by atoms with van der Waals surface area (Å²) in [6.45, 7) is 4.37. The largest absolute Gasteiger partial charge is 0.486 e. The standard InChI is InChI=1S/C26H31FO3/c1-3-5-6-7-8-9-10-19-11-13-20(14-12-19)18-29-23-16-15-21-17-22(4-2)30-26(28)24(21)25(23)27/h11-17H,3-10,18H2,1-2H3. The van der Waals surface area contributed by atoms with E-state index in [1.165, 1.54) is 44.1 Å². The Morgan fingerprint density at radius 3 is 2.33 bits per heavy atom. The number of unbranched alkanes of at least 4 members (excludes halogenated alkanes) is 5. The van der Waals surface area contributed by atoms with E-state index in [1.807, 2.05) is 19.1 Å². The molecule has 30 heavy (non-hydrogen) atoms. The SMILES string of the molecule is CCCCCCCCc1ccc(COc2ccc3cc(CC)oc(=O)c3c2F)cc1. The number of benzene rings is 2. The highest BCUT2D eigenvalue weighted by molar-refractivity contribution is 5.83. The van der Waals surface area contributed by atoms with Crippen LogP contribution >= 0.6 is 0 Å². The number of rotatable bonds is 11. The number of halogens is 1. The van der Waals surface area contributed by atoms with Crippen molar-refractivity contribution in [2.45, 2.75) is 71.8 Å². The van der Waals surface area contributed by atoms with Crippen molar-refractivity contribution in [1.82, 2.24) is 0 Å². The Balaban J connectivity index is 1.58. The Morgan fingerprint density at radius 1 is 0.900 bits per heavy atom. The van der Waals surface area contributed by atoms with Crippen LogP contribution in [0.5, 0.6) is 5.75 Å². The Bertz CT molecular complexity index is 1010. The molecule has 0 saturated heterocycles. The molecule has 2 aromatic carbocycles. The van der Waals surface area contributed by atoms with Gasteiger partial charge in [0.25, 0.3) is 0 Å². The van der Waals surface area contributed by atoms with Gasteiger partial charge in [-0.25, -0.2) is 9.18 Å². The molecule has 0 bridgehead atoms. The Labute approximate surface area is 177 Å². The molecule has 4 heteroatoms. The van der Waals surface area contributed by atoms with Crippen molar-refractivity contribution in [3.8, 4) is 5.75 Å². The second-order valence-electron chi connectivity index (χ2n) is 7.82. The third kappa shape index (κ3) is 5.71. The Hall–Kier alpha value is -2.62. The van der Waals surface area contributed by atoms with E-state index >= 15 is 0 Å². The molecule has 160 valence electrons. The molecule has 0 aliphatic heterocycles. The van der Waals surface area contributed by atoms with E-state index in [0.717, 1.165) is 12.0 Å². The monoisotopic (exact) mass is 410 g/mol. The van der Waals surface area contributed by atoms with Crippen LogP contribution in [0.3, 0.4) is 0 Å². The fourth-order valence-electron chi connectivity index (χ4n) is 3.63. The lowest BCUT2D eigenvalue weighted by molar-refractivity contribution is 0.291. The molecule has 0 spiro atoms. The highest BCUT2D eigenvalue weighted by atomic mass is 19.1. The summed E-state index contributed by atoms with van der Waals surface area (Å²) < 4.78 is 25.6. The predicted molar refractivity (Wildman–Crippen MR) is 120 cm³/mol. The van der Waals surface area contributed by atoms with Crippen molar-refractivity contribution in [3.63, 3.8) is 0 Å². The van der Waals surface area contributed by atoms with Gasteiger partial charge in [0.2, 0.25) is 0 Å². The lowest BCUT2D eigenvalue weighted by Gasteiger charge is -2.10. The Morgan fingerprint density at radius 2 is 1.60 bits per heavy atom. The average Bonchev–Trinajstić information content (AvgIpc) is 2.76. The summed E-state index contributed by atoms with van der Waals surface area (Å²) in [4.78, 5) is 12.1. The summed E-state index contributed by atoms with van der Waals surface area (Å²) in [6, 6.07) is 13.2. The van der Waals surface area contributed by atoms with Gasteiger partial charge in [-0.15, -0.1) is 0 Å². The molecule has 0 aliphatic carbocycles. The number of hydrogen-bond donors (Lipinski definition) is 0. The molecule has 0 amide bonds.